The van der Waals surface area contributed by atoms with Crippen molar-refractivity contribution in [2.24, 2.45) is 0 Å². The molecule has 0 N–H and O–H groups in total. The Hall–Kier alpha value is -1.41. The number of hydrogen-bond acceptors (Lipinski definition) is 2. The maximum atomic E-state index is 12.2. The van der Waals surface area contributed by atoms with E-state index in [1.807, 2.05) is 31.1 Å². The summed E-state index contributed by atoms with van der Waals surface area (Å²) in [7, 11) is 3.99. The van der Waals surface area contributed by atoms with Crippen LogP contribution in [0.2, 0.25) is 0 Å². The molecule has 1 aliphatic rings. The monoisotopic (exact) mass is 229 g/mol. The van der Waals surface area contributed by atoms with E-state index in [-0.39, 0.29) is 5.78 Å². The molecule has 1 aromatic rings. The van der Waals surface area contributed by atoms with Crippen molar-refractivity contribution in [3.8, 4) is 0 Å². The van der Waals surface area contributed by atoms with Crippen LogP contribution in [0, 0.1) is 0 Å². The fourth-order valence-electron chi connectivity index (χ4n) is 2.17. The molecule has 17 heavy (non-hydrogen) atoms. The van der Waals surface area contributed by atoms with Crippen LogP contribution in [0.15, 0.2) is 24.3 Å². The highest BCUT2D eigenvalue weighted by molar-refractivity contribution is 6.00. The van der Waals surface area contributed by atoms with Gasteiger partial charge in [0.15, 0.2) is 5.78 Å². The van der Waals surface area contributed by atoms with Crippen LogP contribution in [0.3, 0.4) is 0 Å². The highest BCUT2D eigenvalue weighted by atomic mass is 16.1. The normalized spacial score (nSPS) is 13.8. The molecule has 2 rings (SSSR count). The molecule has 0 aliphatic heterocycles. The zero-order chi connectivity index (χ0) is 12.3. The van der Waals surface area contributed by atoms with Crippen molar-refractivity contribution >= 4 is 11.9 Å². The van der Waals surface area contributed by atoms with Crippen molar-refractivity contribution < 1.29 is 4.79 Å². The van der Waals surface area contributed by atoms with Crippen LogP contribution in [-0.4, -0.2) is 31.3 Å². The number of Topliss-reactive ketones (excluding diaryl/α,β-unsaturated/α-hetero) is 1. The Bertz CT molecular complexity index is 446. The van der Waals surface area contributed by atoms with E-state index in [0.717, 1.165) is 30.5 Å². The third-order valence-electron chi connectivity index (χ3n) is 3.15. The molecule has 2 heteroatoms. The van der Waals surface area contributed by atoms with Crippen molar-refractivity contribution in [3.05, 3.63) is 41.0 Å². The van der Waals surface area contributed by atoms with Gasteiger partial charge in [-0.1, -0.05) is 30.4 Å². The summed E-state index contributed by atoms with van der Waals surface area (Å²) >= 11 is 0. The van der Waals surface area contributed by atoms with Gasteiger partial charge >= 0.3 is 0 Å². The number of carbonyl (C=O) groups excluding carboxylic acids is 1. The summed E-state index contributed by atoms with van der Waals surface area (Å²) in [6.07, 6.45) is 6.99. The fourth-order valence-corrected chi connectivity index (χ4v) is 2.17. The Morgan fingerprint density at radius 3 is 2.94 bits per heavy atom. The second-order valence-corrected chi connectivity index (χ2v) is 4.80. The SMILES string of the molecule is CN(C)CCC(=O)c1cccc2c1C=CCC2. The lowest BCUT2D eigenvalue weighted by Crippen LogP contribution is -2.17. The summed E-state index contributed by atoms with van der Waals surface area (Å²) in [4.78, 5) is 14.2. The van der Waals surface area contributed by atoms with Gasteiger partial charge in [0.25, 0.3) is 0 Å². The smallest absolute Gasteiger partial charge is 0.164 e. The fraction of sp³-hybridized carbons (Fsp3) is 0.400. The standard InChI is InChI=1S/C15H19NO/c1-16(2)11-10-15(17)14-9-5-7-12-6-3-4-8-13(12)14/h4-5,7-9H,3,6,10-11H2,1-2H3. The molecule has 0 aromatic heterocycles. The third kappa shape index (κ3) is 2.83. The van der Waals surface area contributed by atoms with Crippen LogP contribution in [0.25, 0.3) is 6.08 Å². The number of rotatable bonds is 4. The van der Waals surface area contributed by atoms with E-state index in [0.29, 0.717) is 6.42 Å². The molecule has 0 unspecified atom stereocenters. The number of carbonyl (C=O) groups is 1. The van der Waals surface area contributed by atoms with E-state index in [1.165, 1.54) is 5.56 Å². The maximum Gasteiger partial charge on any atom is 0.164 e. The molecule has 0 atom stereocenters. The molecule has 0 spiro atoms. The summed E-state index contributed by atoms with van der Waals surface area (Å²) in [6, 6.07) is 6.08. The molecule has 0 fully saturated rings. The van der Waals surface area contributed by atoms with Crippen LogP contribution >= 0.6 is 0 Å². The van der Waals surface area contributed by atoms with Gasteiger partial charge in [-0.05, 0) is 38.1 Å². The number of fused-ring (bicyclic) bond motifs is 1. The van der Waals surface area contributed by atoms with Gasteiger partial charge in [-0.2, -0.15) is 0 Å². The Balaban J connectivity index is 2.21. The lowest BCUT2D eigenvalue weighted by Gasteiger charge is -2.15. The average Bonchev–Trinajstić information content (AvgIpc) is 2.35. The van der Waals surface area contributed by atoms with Crippen molar-refractivity contribution in [3.63, 3.8) is 0 Å². The molecule has 1 aromatic carbocycles. The second kappa shape index (κ2) is 5.28. The van der Waals surface area contributed by atoms with Gasteiger partial charge in [-0.15, -0.1) is 0 Å². The first-order chi connectivity index (χ1) is 8.18. The van der Waals surface area contributed by atoms with Crippen molar-refractivity contribution in [2.45, 2.75) is 19.3 Å². The van der Waals surface area contributed by atoms with Crippen molar-refractivity contribution in [1.82, 2.24) is 4.90 Å². The lowest BCUT2D eigenvalue weighted by atomic mass is 9.91. The zero-order valence-corrected chi connectivity index (χ0v) is 10.6. The van der Waals surface area contributed by atoms with Crippen LogP contribution in [0.1, 0.15) is 34.3 Å². The molecule has 0 heterocycles. The zero-order valence-electron chi connectivity index (χ0n) is 10.6. The molecule has 2 nitrogen and oxygen atoms in total. The Morgan fingerprint density at radius 1 is 1.35 bits per heavy atom. The summed E-state index contributed by atoms with van der Waals surface area (Å²) in [5.74, 6) is 0.252. The van der Waals surface area contributed by atoms with Gasteiger partial charge in [-0.3, -0.25) is 4.79 Å². The summed E-state index contributed by atoms with van der Waals surface area (Å²) in [5, 5.41) is 0. The van der Waals surface area contributed by atoms with E-state index in [1.54, 1.807) is 0 Å². The number of hydrogen-bond donors (Lipinski definition) is 0. The molecule has 90 valence electrons. The van der Waals surface area contributed by atoms with E-state index >= 15 is 0 Å². The quantitative estimate of drug-likeness (QED) is 0.740. The van der Waals surface area contributed by atoms with Gasteiger partial charge in [0, 0.05) is 18.5 Å². The summed E-state index contributed by atoms with van der Waals surface area (Å²) in [6.45, 7) is 0.812. The Morgan fingerprint density at radius 2 is 2.18 bits per heavy atom. The van der Waals surface area contributed by atoms with Gasteiger partial charge in [-0.25, -0.2) is 0 Å². The molecular weight excluding hydrogens is 210 g/mol. The van der Waals surface area contributed by atoms with Gasteiger partial charge in [0.2, 0.25) is 0 Å². The molecule has 1 aliphatic carbocycles. The van der Waals surface area contributed by atoms with Gasteiger partial charge in [0.05, 0.1) is 0 Å². The first-order valence-electron chi connectivity index (χ1n) is 6.15. The minimum absolute atomic E-state index is 0.252. The highest BCUT2D eigenvalue weighted by Gasteiger charge is 2.14. The molecule has 0 radical (unpaired) electrons. The largest absolute Gasteiger partial charge is 0.309 e. The number of nitrogens with zero attached hydrogens (tertiary/aromatic N) is 1. The predicted octanol–water partition coefficient (Wildman–Crippen LogP) is 2.78. The van der Waals surface area contributed by atoms with E-state index in [4.69, 9.17) is 0 Å². The average molecular weight is 229 g/mol. The summed E-state index contributed by atoms with van der Waals surface area (Å²) < 4.78 is 0. The number of ketones is 1. The number of allylic oxidation sites excluding steroid dienone is 1. The van der Waals surface area contributed by atoms with Crippen molar-refractivity contribution in [1.29, 1.82) is 0 Å². The lowest BCUT2D eigenvalue weighted by molar-refractivity contribution is 0.0972. The van der Waals surface area contributed by atoms with E-state index < -0.39 is 0 Å². The van der Waals surface area contributed by atoms with Crippen LogP contribution in [-0.2, 0) is 6.42 Å². The molecule has 0 amide bonds. The van der Waals surface area contributed by atoms with E-state index in [2.05, 4.69) is 18.2 Å². The van der Waals surface area contributed by atoms with E-state index in [9.17, 15) is 4.79 Å². The van der Waals surface area contributed by atoms with Crippen LogP contribution in [0.4, 0.5) is 0 Å². The minimum Gasteiger partial charge on any atom is -0.309 e. The van der Waals surface area contributed by atoms with Gasteiger partial charge < -0.3 is 4.90 Å². The highest BCUT2D eigenvalue weighted by Crippen LogP contribution is 2.23. The second-order valence-electron chi connectivity index (χ2n) is 4.80. The minimum atomic E-state index is 0.252. The van der Waals surface area contributed by atoms with Crippen LogP contribution < -0.4 is 0 Å². The molecule has 0 saturated heterocycles. The first kappa shape index (κ1) is 12.1. The van der Waals surface area contributed by atoms with Crippen molar-refractivity contribution in [2.75, 3.05) is 20.6 Å². The molecular formula is C15H19NO. The molecule has 0 saturated carbocycles. The first-order valence-corrected chi connectivity index (χ1v) is 6.15. The predicted molar refractivity (Wildman–Crippen MR) is 71.3 cm³/mol. The third-order valence-corrected chi connectivity index (χ3v) is 3.15. The Kier molecular flexibility index (Phi) is 3.75. The maximum absolute atomic E-state index is 12.2. The topological polar surface area (TPSA) is 20.3 Å². The Labute approximate surface area is 103 Å². The molecule has 0 bridgehead atoms. The summed E-state index contributed by atoms with van der Waals surface area (Å²) in [5.41, 5.74) is 3.34. The number of benzene rings is 1. The van der Waals surface area contributed by atoms with Gasteiger partial charge in [0.1, 0.15) is 0 Å². The number of aryl methyl sites for hydroxylation is 1. The van der Waals surface area contributed by atoms with Crippen LogP contribution in [0.5, 0.6) is 0 Å².